The molecule has 0 unspecified atom stereocenters. The van der Waals surface area contributed by atoms with Crippen LogP contribution in [0.5, 0.6) is 11.5 Å². The number of hydrogen-bond acceptors (Lipinski definition) is 4. The van der Waals surface area contributed by atoms with Gasteiger partial charge in [0.1, 0.15) is 0 Å². The molecule has 0 spiro atoms. The van der Waals surface area contributed by atoms with Crippen LogP contribution in [0.3, 0.4) is 0 Å². The molecule has 0 saturated heterocycles. The van der Waals surface area contributed by atoms with Gasteiger partial charge in [-0.1, -0.05) is 6.07 Å². The van der Waals surface area contributed by atoms with E-state index >= 15 is 0 Å². The molecule has 0 atom stereocenters. The lowest BCUT2D eigenvalue weighted by Gasteiger charge is -2.27. The van der Waals surface area contributed by atoms with Gasteiger partial charge in [0.2, 0.25) is 6.79 Å². The molecule has 0 radical (unpaired) electrons. The highest BCUT2D eigenvalue weighted by Gasteiger charge is 2.23. The van der Waals surface area contributed by atoms with Gasteiger partial charge in [-0.05, 0) is 64.5 Å². The minimum absolute atomic E-state index is 0.130. The molecule has 1 aliphatic heterocycles. The monoisotopic (exact) mass is 353 g/mol. The highest BCUT2D eigenvalue weighted by Crippen LogP contribution is 2.35. The summed E-state index contributed by atoms with van der Waals surface area (Å²) < 4.78 is 12.0. The maximum Gasteiger partial charge on any atom is 0.231 e. The fourth-order valence-corrected chi connectivity index (χ4v) is 3.36. The molecular formula is C15H16BrNO2S. The molecule has 5 heteroatoms. The zero-order chi connectivity index (χ0) is 14.2. The summed E-state index contributed by atoms with van der Waals surface area (Å²) >= 11 is 5.20. The second-order valence-electron chi connectivity index (χ2n) is 5.31. The smallest absolute Gasteiger partial charge is 0.231 e. The first kappa shape index (κ1) is 13.9. The van der Waals surface area contributed by atoms with Gasteiger partial charge < -0.3 is 14.8 Å². The zero-order valence-electron chi connectivity index (χ0n) is 11.4. The van der Waals surface area contributed by atoms with Crippen molar-refractivity contribution in [2.24, 2.45) is 0 Å². The van der Waals surface area contributed by atoms with Gasteiger partial charge in [0.25, 0.3) is 0 Å². The van der Waals surface area contributed by atoms with Crippen LogP contribution in [0.15, 0.2) is 33.4 Å². The summed E-state index contributed by atoms with van der Waals surface area (Å²) in [4.78, 5) is 0. The van der Waals surface area contributed by atoms with Crippen molar-refractivity contribution in [2.45, 2.75) is 25.9 Å². The van der Waals surface area contributed by atoms with Gasteiger partial charge >= 0.3 is 0 Å². The van der Waals surface area contributed by atoms with Crippen molar-refractivity contribution >= 4 is 27.3 Å². The molecule has 106 valence electrons. The van der Waals surface area contributed by atoms with Crippen molar-refractivity contribution in [3.8, 4) is 11.5 Å². The normalized spacial score (nSPS) is 13.8. The minimum Gasteiger partial charge on any atom is -0.454 e. The standard InChI is InChI=1S/C15H16BrNO2S/c1-15(2,17-7-10-5-14(16)20-8-10)11-3-4-12-13(6-11)19-9-18-12/h3-6,8,17H,7,9H2,1-2H3. The Morgan fingerprint density at radius 1 is 1.25 bits per heavy atom. The quantitative estimate of drug-likeness (QED) is 0.890. The third kappa shape index (κ3) is 2.85. The summed E-state index contributed by atoms with van der Waals surface area (Å²) in [6, 6.07) is 8.26. The number of ether oxygens (including phenoxy) is 2. The molecular weight excluding hydrogens is 338 g/mol. The van der Waals surface area contributed by atoms with E-state index in [0.29, 0.717) is 6.79 Å². The molecule has 0 saturated carbocycles. The molecule has 0 amide bonds. The topological polar surface area (TPSA) is 30.5 Å². The van der Waals surface area contributed by atoms with Crippen molar-refractivity contribution in [1.29, 1.82) is 0 Å². The van der Waals surface area contributed by atoms with Crippen molar-refractivity contribution in [3.05, 3.63) is 44.6 Å². The van der Waals surface area contributed by atoms with Gasteiger partial charge in [0.15, 0.2) is 11.5 Å². The van der Waals surface area contributed by atoms with Crippen LogP contribution in [0, 0.1) is 0 Å². The maximum atomic E-state index is 5.45. The molecule has 1 aromatic heterocycles. The van der Waals surface area contributed by atoms with E-state index in [0.717, 1.165) is 21.8 Å². The maximum absolute atomic E-state index is 5.45. The molecule has 0 bridgehead atoms. The number of rotatable bonds is 4. The van der Waals surface area contributed by atoms with E-state index in [4.69, 9.17) is 9.47 Å². The third-order valence-electron chi connectivity index (χ3n) is 3.45. The Balaban J connectivity index is 1.74. The second kappa shape index (κ2) is 5.39. The summed E-state index contributed by atoms with van der Waals surface area (Å²) in [5.74, 6) is 1.65. The first-order valence-corrected chi connectivity index (χ1v) is 8.10. The number of benzene rings is 1. The van der Waals surface area contributed by atoms with E-state index in [1.54, 1.807) is 11.3 Å². The van der Waals surface area contributed by atoms with Crippen molar-refractivity contribution in [2.75, 3.05) is 6.79 Å². The van der Waals surface area contributed by atoms with Crippen molar-refractivity contribution < 1.29 is 9.47 Å². The van der Waals surface area contributed by atoms with Crippen molar-refractivity contribution in [3.63, 3.8) is 0 Å². The van der Waals surface area contributed by atoms with Gasteiger partial charge in [-0.15, -0.1) is 11.3 Å². The van der Waals surface area contributed by atoms with E-state index in [1.165, 1.54) is 11.1 Å². The van der Waals surface area contributed by atoms with Gasteiger partial charge in [0, 0.05) is 12.1 Å². The summed E-state index contributed by atoms with van der Waals surface area (Å²) in [5, 5.41) is 5.75. The molecule has 1 aromatic carbocycles. The molecule has 1 aliphatic rings. The van der Waals surface area contributed by atoms with Crippen LogP contribution in [0.25, 0.3) is 0 Å². The molecule has 2 aromatic rings. The largest absolute Gasteiger partial charge is 0.454 e. The van der Waals surface area contributed by atoms with E-state index in [-0.39, 0.29) is 5.54 Å². The highest BCUT2D eigenvalue weighted by molar-refractivity contribution is 9.11. The van der Waals surface area contributed by atoms with Gasteiger partial charge in [-0.25, -0.2) is 0 Å². The molecule has 20 heavy (non-hydrogen) atoms. The van der Waals surface area contributed by atoms with Gasteiger partial charge in [-0.2, -0.15) is 0 Å². The van der Waals surface area contributed by atoms with Crippen LogP contribution < -0.4 is 14.8 Å². The predicted octanol–water partition coefficient (Wildman–Crippen LogP) is 4.26. The Bertz CT molecular complexity index is 624. The number of fused-ring (bicyclic) bond motifs is 1. The Labute approximate surface area is 131 Å². The van der Waals surface area contributed by atoms with Crippen LogP contribution in [-0.4, -0.2) is 6.79 Å². The summed E-state index contributed by atoms with van der Waals surface area (Å²) in [7, 11) is 0. The van der Waals surface area contributed by atoms with Crippen LogP contribution in [0.2, 0.25) is 0 Å². The van der Waals surface area contributed by atoms with E-state index in [1.807, 2.05) is 6.07 Å². The van der Waals surface area contributed by atoms with Gasteiger partial charge in [-0.3, -0.25) is 0 Å². The fraction of sp³-hybridized carbons (Fsp3) is 0.333. The lowest BCUT2D eigenvalue weighted by molar-refractivity contribution is 0.174. The highest BCUT2D eigenvalue weighted by atomic mass is 79.9. The Hall–Kier alpha value is -1.04. The van der Waals surface area contributed by atoms with Crippen LogP contribution in [0.1, 0.15) is 25.0 Å². The molecule has 3 nitrogen and oxygen atoms in total. The lowest BCUT2D eigenvalue weighted by Crippen LogP contribution is -2.35. The average molecular weight is 354 g/mol. The molecule has 3 rings (SSSR count). The fourth-order valence-electron chi connectivity index (χ4n) is 2.15. The Morgan fingerprint density at radius 2 is 2.05 bits per heavy atom. The predicted molar refractivity (Wildman–Crippen MR) is 84.4 cm³/mol. The van der Waals surface area contributed by atoms with Gasteiger partial charge in [0.05, 0.1) is 3.79 Å². The first-order valence-electron chi connectivity index (χ1n) is 6.43. The van der Waals surface area contributed by atoms with E-state index < -0.39 is 0 Å². The van der Waals surface area contributed by atoms with Crippen molar-refractivity contribution in [1.82, 2.24) is 5.32 Å². The number of nitrogens with one attached hydrogen (secondary N) is 1. The SMILES string of the molecule is CC(C)(NCc1csc(Br)c1)c1ccc2c(c1)OCO2. The molecule has 0 fully saturated rings. The number of thiophene rings is 1. The summed E-state index contributed by atoms with van der Waals surface area (Å²) in [5.41, 5.74) is 2.35. The summed E-state index contributed by atoms with van der Waals surface area (Å²) in [6.45, 7) is 5.50. The first-order chi connectivity index (χ1) is 9.54. The molecule has 0 aliphatic carbocycles. The van der Waals surface area contributed by atoms with E-state index in [2.05, 4.69) is 58.7 Å². The van der Waals surface area contributed by atoms with E-state index in [9.17, 15) is 0 Å². The molecule has 1 N–H and O–H groups in total. The number of halogens is 1. The van der Waals surface area contributed by atoms with Crippen LogP contribution in [0.4, 0.5) is 0 Å². The third-order valence-corrected chi connectivity index (χ3v) is 5.00. The second-order valence-corrected chi connectivity index (χ2v) is 7.60. The zero-order valence-corrected chi connectivity index (χ0v) is 13.8. The van der Waals surface area contributed by atoms with Crippen LogP contribution >= 0.6 is 27.3 Å². The Morgan fingerprint density at radius 3 is 2.80 bits per heavy atom. The minimum atomic E-state index is -0.130. The number of hydrogen-bond donors (Lipinski definition) is 1. The summed E-state index contributed by atoms with van der Waals surface area (Å²) in [6.07, 6.45) is 0. The average Bonchev–Trinajstić information content (AvgIpc) is 3.04. The lowest BCUT2D eigenvalue weighted by atomic mass is 9.93. The van der Waals surface area contributed by atoms with Crippen LogP contribution in [-0.2, 0) is 12.1 Å². The molecule has 2 heterocycles. The Kier molecular flexibility index (Phi) is 3.75.